The molecule has 0 spiro atoms. The van der Waals surface area contributed by atoms with Crippen LogP contribution in [0.15, 0.2) is 0 Å². The highest BCUT2D eigenvalue weighted by Gasteiger charge is 2.24. The topological polar surface area (TPSA) is 105 Å². The Morgan fingerprint density at radius 2 is 1.09 bits per heavy atom. The second kappa shape index (κ2) is 9.00. The van der Waals surface area contributed by atoms with E-state index in [0.717, 1.165) is 0 Å². The monoisotopic (exact) mass is 352 g/mol. The van der Waals surface area contributed by atoms with Crippen molar-refractivity contribution < 1.29 is 19.1 Å². The van der Waals surface area contributed by atoms with E-state index in [0.29, 0.717) is 11.5 Å². The second-order valence-corrected chi connectivity index (χ2v) is 9.40. The molecule has 2 atom stereocenters. The summed E-state index contributed by atoms with van der Waals surface area (Å²) in [7, 11) is 2.76. The third-order valence-corrected chi connectivity index (χ3v) is 4.47. The molecular weight excluding hydrogens is 324 g/mol. The van der Waals surface area contributed by atoms with Gasteiger partial charge in [-0.25, -0.2) is 0 Å². The molecule has 0 aliphatic carbocycles. The molecule has 0 heterocycles. The number of rotatable bonds is 7. The van der Waals surface area contributed by atoms with Gasteiger partial charge in [0, 0.05) is 11.5 Å². The number of nitrogens with two attached hydrogens (primary N) is 2. The van der Waals surface area contributed by atoms with Gasteiger partial charge in [-0.1, -0.05) is 21.6 Å². The molecule has 0 saturated heterocycles. The van der Waals surface area contributed by atoms with Gasteiger partial charge in [-0.2, -0.15) is 0 Å². The molecule has 0 aromatic rings. The summed E-state index contributed by atoms with van der Waals surface area (Å²) in [5, 5.41) is 0. The molecule has 2 unspecified atom stereocenters. The highest BCUT2D eigenvalue weighted by molar-refractivity contribution is 8.76. The van der Waals surface area contributed by atoms with Gasteiger partial charge in [0.05, 0.1) is 0 Å². The number of hydrogen-bond acceptors (Lipinski definition) is 8. The van der Waals surface area contributed by atoms with Gasteiger partial charge in [-0.05, 0) is 41.5 Å². The standard InChI is InChI=1S/C14H28N2O4S2/c1-13(2,3)19-11(17)9(15)7-21-22-8-10(16)12(18)20-14(4,5)6/h9-10H,7-8,15-16H2,1-6H3. The number of carbonyl (C=O) groups is 2. The fraction of sp³-hybridized carbons (Fsp3) is 0.857. The molecule has 0 aromatic heterocycles. The van der Waals surface area contributed by atoms with Crippen LogP contribution in [0.1, 0.15) is 41.5 Å². The lowest BCUT2D eigenvalue weighted by molar-refractivity contribution is -0.156. The highest BCUT2D eigenvalue weighted by atomic mass is 33.1. The Hall–Kier alpha value is -0.440. The van der Waals surface area contributed by atoms with Crippen molar-refractivity contribution in [1.29, 1.82) is 0 Å². The van der Waals surface area contributed by atoms with Crippen molar-refractivity contribution in [3.05, 3.63) is 0 Å². The van der Waals surface area contributed by atoms with Gasteiger partial charge >= 0.3 is 11.9 Å². The SMILES string of the molecule is CC(C)(C)OC(=O)C(N)CSSCC(N)C(=O)OC(C)(C)C. The zero-order valence-corrected chi connectivity index (χ0v) is 15.8. The predicted molar refractivity (Wildman–Crippen MR) is 92.6 cm³/mol. The lowest BCUT2D eigenvalue weighted by atomic mass is 10.2. The van der Waals surface area contributed by atoms with Crippen molar-refractivity contribution in [2.75, 3.05) is 11.5 Å². The summed E-state index contributed by atoms with van der Waals surface area (Å²) in [5.74, 6) is -0.0876. The summed E-state index contributed by atoms with van der Waals surface area (Å²) >= 11 is 0. The lowest BCUT2D eigenvalue weighted by Gasteiger charge is -2.22. The van der Waals surface area contributed by atoms with Gasteiger partial charge in [0.2, 0.25) is 0 Å². The molecule has 6 nitrogen and oxygen atoms in total. The van der Waals surface area contributed by atoms with Crippen LogP contribution in [-0.2, 0) is 19.1 Å². The summed E-state index contributed by atoms with van der Waals surface area (Å²) in [4.78, 5) is 23.4. The quantitative estimate of drug-likeness (QED) is 0.405. The largest absolute Gasteiger partial charge is 0.459 e. The maximum atomic E-state index is 11.7. The molecule has 130 valence electrons. The summed E-state index contributed by atoms with van der Waals surface area (Å²) < 4.78 is 10.4. The second-order valence-electron chi connectivity index (χ2n) is 6.85. The first kappa shape index (κ1) is 21.6. The van der Waals surface area contributed by atoms with Crippen LogP contribution in [0.2, 0.25) is 0 Å². The molecule has 4 N–H and O–H groups in total. The molecule has 0 bridgehead atoms. The smallest absolute Gasteiger partial charge is 0.324 e. The van der Waals surface area contributed by atoms with Gasteiger partial charge in [-0.3, -0.25) is 9.59 Å². The van der Waals surface area contributed by atoms with Crippen molar-refractivity contribution in [2.45, 2.75) is 64.8 Å². The third kappa shape index (κ3) is 11.2. The first-order valence-corrected chi connectivity index (χ1v) is 9.52. The Bertz CT molecular complexity index is 342. The Kier molecular flexibility index (Phi) is 8.82. The van der Waals surface area contributed by atoms with E-state index >= 15 is 0 Å². The molecule has 0 aromatic carbocycles. The van der Waals surface area contributed by atoms with Crippen molar-refractivity contribution in [1.82, 2.24) is 0 Å². The van der Waals surface area contributed by atoms with Gasteiger partial charge < -0.3 is 20.9 Å². The Labute approximate surface area is 140 Å². The van der Waals surface area contributed by atoms with Crippen LogP contribution in [0, 0.1) is 0 Å². The van der Waals surface area contributed by atoms with Gasteiger partial charge in [0.15, 0.2) is 0 Å². The third-order valence-electron chi connectivity index (χ3n) is 2.00. The van der Waals surface area contributed by atoms with Gasteiger partial charge in [-0.15, -0.1) is 0 Å². The lowest BCUT2D eigenvalue weighted by Crippen LogP contribution is -2.39. The molecule has 0 aliphatic rings. The fourth-order valence-corrected chi connectivity index (χ4v) is 3.35. The molecule has 0 saturated carbocycles. The molecule has 8 heteroatoms. The summed E-state index contributed by atoms with van der Waals surface area (Å²) in [6, 6.07) is -1.40. The van der Waals surface area contributed by atoms with E-state index in [1.165, 1.54) is 21.6 Å². The average molecular weight is 353 g/mol. The average Bonchev–Trinajstić information content (AvgIpc) is 2.29. The van der Waals surface area contributed by atoms with Crippen LogP contribution >= 0.6 is 21.6 Å². The van der Waals surface area contributed by atoms with E-state index in [1.54, 1.807) is 41.5 Å². The van der Waals surface area contributed by atoms with Crippen LogP contribution in [0.4, 0.5) is 0 Å². The van der Waals surface area contributed by atoms with E-state index in [2.05, 4.69) is 0 Å². The minimum Gasteiger partial charge on any atom is -0.459 e. The number of esters is 2. The molecule has 0 rings (SSSR count). The normalized spacial score (nSPS) is 15.1. The first-order valence-electron chi connectivity index (χ1n) is 7.03. The number of ether oxygens (including phenoxy) is 2. The minimum atomic E-state index is -0.700. The molecule has 22 heavy (non-hydrogen) atoms. The van der Waals surface area contributed by atoms with Crippen molar-refractivity contribution in [3.8, 4) is 0 Å². The van der Waals surface area contributed by atoms with Crippen LogP contribution in [0.3, 0.4) is 0 Å². The maximum Gasteiger partial charge on any atom is 0.324 e. The Balaban J connectivity index is 3.97. The Morgan fingerprint density at radius 1 is 0.818 bits per heavy atom. The summed E-state index contributed by atoms with van der Waals surface area (Å²) in [6.07, 6.45) is 0. The highest BCUT2D eigenvalue weighted by Crippen LogP contribution is 2.23. The van der Waals surface area contributed by atoms with Crippen LogP contribution in [0.5, 0.6) is 0 Å². The predicted octanol–water partition coefficient (Wildman–Crippen LogP) is 1.71. The van der Waals surface area contributed by atoms with Crippen molar-refractivity contribution in [2.24, 2.45) is 11.5 Å². The van der Waals surface area contributed by atoms with Crippen LogP contribution < -0.4 is 11.5 Å². The van der Waals surface area contributed by atoms with E-state index in [9.17, 15) is 9.59 Å². The van der Waals surface area contributed by atoms with Gasteiger partial charge in [0.1, 0.15) is 23.3 Å². The molecular formula is C14H28N2O4S2. The fourth-order valence-electron chi connectivity index (χ4n) is 1.13. The Morgan fingerprint density at radius 3 is 1.32 bits per heavy atom. The zero-order valence-electron chi connectivity index (χ0n) is 14.2. The first-order chi connectivity index (χ1) is 9.82. The number of hydrogen-bond donors (Lipinski definition) is 2. The maximum absolute atomic E-state index is 11.7. The minimum absolute atomic E-state index is 0.390. The van der Waals surface area contributed by atoms with Gasteiger partial charge in [0.25, 0.3) is 0 Å². The van der Waals surface area contributed by atoms with E-state index < -0.39 is 35.2 Å². The molecule has 0 amide bonds. The summed E-state index contributed by atoms with van der Waals surface area (Å²) in [5.41, 5.74) is 10.4. The zero-order chi connectivity index (χ0) is 17.6. The van der Waals surface area contributed by atoms with E-state index in [-0.39, 0.29) is 0 Å². The molecule has 0 fully saturated rings. The van der Waals surface area contributed by atoms with Crippen molar-refractivity contribution >= 4 is 33.5 Å². The van der Waals surface area contributed by atoms with Crippen molar-refractivity contribution in [3.63, 3.8) is 0 Å². The molecule has 0 radical (unpaired) electrons. The van der Waals surface area contributed by atoms with Crippen LogP contribution in [0.25, 0.3) is 0 Å². The van der Waals surface area contributed by atoms with E-state index in [4.69, 9.17) is 20.9 Å². The number of carbonyl (C=O) groups excluding carboxylic acids is 2. The summed E-state index contributed by atoms with van der Waals surface area (Å²) in [6.45, 7) is 10.7. The van der Waals surface area contributed by atoms with Crippen LogP contribution in [-0.4, -0.2) is 46.7 Å². The molecule has 0 aliphatic heterocycles. The van der Waals surface area contributed by atoms with E-state index in [1.807, 2.05) is 0 Å².